The van der Waals surface area contributed by atoms with Crippen LogP contribution in [0.25, 0.3) is 0 Å². The summed E-state index contributed by atoms with van der Waals surface area (Å²) in [7, 11) is 1.56. The lowest BCUT2D eigenvalue weighted by atomic mass is 9.81. The molecule has 32 heavy (non-hydrogen) atoms. The van der Waals surface area contributed by atoms with Gasteiger partial charge in [-0.3, -0.25) is 24.1 Å². The number of likely N-dealkylation sites (N-methyl/N-ethyl adjacent to an activating group) is 1. The second-order valence-electron chi connectivity index (χ2n) is 8.90. The molecular formula is C25H24N2O5. The number of hydrogen-bond donors (Lipinski definition) is 1. The fraction of sp³-hybridized carbons (Fsp3) is 0.360. The maximum absolute atomic E-state index is 13.1. The fourth-order valence-electron chi connectivity index (χ4n) is 5.36. The summed E-state index contributed by atoms with van der Waals surface area (Å²) in [5.41, 5.74) is -0.385. The molecule has 2 aromatic rings. The first-order valence-corrected chi connectivity index (χ1v) is 10.9. The molecule has 7 nitrogen and oxygen atoms in total. The minimum atomic E-state index is -1.95. The van der Waals surface area contributed by atoms with E-state index in [-0.39, 0.29) is 29.2 Å². The van der Waals surface area contributed by atoms with Crippen molar-refractivity contribution in [1.82, 2.24) is 0 Å². The Morgan fingerprint density at radius 1 is 1.00 bits per heavy atom. The third-order valence-corrected chi connectivity index (χ3v) is 7.05. The average molecular weight is 432 g/mol. The molecule has 3 amide bonds. The predicted molar refractivity (Wildman–Crippen MR) is 117 cm³/mol. The summed E-state index contributed by atoms with van der Waals surface area (Å²) in [6, 6.07) is 13.2. The number of nitrogens with zero attached hydrogens (tertiary/aromatic N) is 2. The van der Waals surface area contributed by atoms with Crippen LogP contribution in [0.5, 0.6) is 0 Å². The van der Waals surface area contributed by atoms with E-state index < -0.39 is 23.7 Å². The number of imide groups is 1. The van der Waals surface area contributed by atoms with Crippen molar-refractivity contribution in [2.75, 3.05) is 16.8 Å². The van der Waals surface area contributed by atoms with Gasteiger partial charge < -0.3 is 10.0 Å². The lowest BCUT2D eigenvalue weighted by molar-refractivity contribution is -0.135. The van der Waals surface area contributed by atoms with Gasteiger partial charge in [0.2, 0.25) is 11.8 Å². The second kappa shape index (κ2) is 7.38. The van der Waals surface area contributed by atoms with E-state index in [0.29, 0.717) is 29.8 Å². The summed E-state index contributed by atoms with van der Waals surface area (Å²) in [5.74, 6) is -1.96. The summed E-state index contributed by atoms with van der Waals surface area (Å²) >= 11 is 0. The quantitative estimate of drug-likeness (QED) is 0.592. The zero-order valence-electron chi connectivity index (χ0n) is 17.8. The van der Waals surface area contributed by atoms with Crippen LogP contribution in [0.1, 0.15) is 48.0 Å². The van der Waals surface area contributed by atoms with Crippen LogP contribution in [0, 0.1) is 11.8 Å². The lowest BCUT2D eigenvalue weighted by Gasteiger charge is -2.21. The molecule has 0 radical (unpaired) electrons. The van der Waals surface area contributed by atoms with Crippen LogP contribution in [0.2, 0.25) is 0 Å². The average Bonchev–Trinajstić information content (AvgIpc) is 3.17. The second-order valence-corrected chi connectivity index (χ2v) is 8.90. The van der Waals surface area contributed by atoms with Crippen LogP contribution in [0.4, 0.5) is 11.4 Å². The monoisotopic (exact) mass is 432 g/mol. The Labute approximate surface area is 185 Å². The van der Waals surface area contributed by atoms with Gasteiger partial charge in [-0.25, -0.2) is 0 Å². The van der Waals surface area contributed by atoms with Gasteiger partial charge in [-0.05, 0) is 31.0 Å². The molecule has 0 aromatic heterocycles. The SMILES string of the molecule is CN1C(=O)[C@@](O)(CC(=O)c2cccc(N3C(=O)[C@H]4CCCC[C@H]4C3=O)c2)c2ccccc21. The molecule has 2 aromatic carbocycles. The molecule has 1 saturated heterocycles. The normalized spacial score (nSPS) is 27.0. The Bertz CT molecular complexity index is 1130. The minimum Gasteiger partial charge on any atom is -0.375 e. The summed E-state index contributed by atoms with van der Waals surface area (Å²) in [6.07, 6.45) is 2.88. The van der Waals surface area contributed by atoms with Crippen LogP contribution in [0.15, 0.2) is 48.5 Å². The highest BCUT2D eigenvalue weighted by molar-refractivity contribution is 6.22. The topological polar surface area (TPSA) is 95.0 Å². The summed E-state index contributed by atoms with van der Waals surface area (Å²) in [6.45, 7) is 0. The van der Waals surface area contributed by atoms with Crippen molar-refractivity contribution in [2.45, 2.75) is 37.7 Å². The maximum atomic E-state index is 13.1. The molecule has 164 valence electrons. The summed E-state index contributed by atoms with van der Waals surface area (Å²) in [5, 5.41) is 11.2. The van der Waals surface area contributed by atoms with Gasteiger partial charge in [-0.2, -0.15) is 0 Å². The molecule has 1 N–H and O–H groups in total. The molecule has 2 heterocycles. The van der Waals surface area contributed by atoms with Crippen LogP contribution in [0.3, 0.4) is 0 Å². The molecule has 0 spiro atoms. The third-order valence-electron chi connectivity index (χ3n) is 7.05. The number of Topliss-reactive ketones (excluding diaryl/α,β-unsaturated/α-hetero) is 1. The van der Waals surface area contributed by atoms with Gasteiger partial charge in [-0.15, -0.1) is 0 Å². The Hall–Kier alpha value is -3.32. The van der Waals surface area contributed by atoms with E-state index >= 15 is 0 Å². The van der Waals surface area contributed by atoms with Crippen molar-refractivity contribution >= 4 is 34.9 Å². The number of rotatable bonds is 4. The zero-order chi connectivity index (χ0) is 22.6. The van der Waals surface area contributed by atoms with Crippen LogP contribution < -0.4 is 9.80 Å². The van der Waals surface area contributed by atoms with Crippen molar-refractivity contribution < 1.29 is 24.3 Å². The number of benzene rings is 2. The smallest absolute Gasteiger partial charge is 0.263 e. The van der Waals surface area contributed by atoms with E-state index in [1.165, 1.54) is 15.9 Å². The number of anilines is 2. The highest BCUT2D eigenvalue weighted by atomic mass is 16.3. The van der Waals surface area contributed by atoms with Gasteiger partial charge >= 0.3 is 0 Å². The van der Waals surface area contributed by atoms with Crippen molar-refractivity contribution in [2.24, 2.45) is 11.8 Å². The van der Waals surface area contributed by atoms with Crippen LogP contribution in [-0.2, 0) is 20.0 Å². The number of carbonyl (C=O) groups is 4. The number of ketones is 1. The van der Waals surface area contributed by atoms with Crippen LogP contribution in [-0.4, -0.2) is 35.7 Å². The van der Waals surface area contributed by atoms with E-state index in [1.54, 1.807) is 49.5 Å². The third kappa shape index (κ3) is 2.92. The molecule has 2 aliphatic heterocycles. The minimum absolute atomic E-state index is 0.204. The Morgan fingerprint density at radius 2 is 1.66 bits per heavy atom. The number of fused-ring (bicyclic) bond motifs is 2. The summed E-state index contributed by atoms with van der Waals surface area (Å²) in [4.78, 5) is 54.3. The number of amides is 3. The van der Waals surface area contributed by atoms with E-state index in [0.717, 1.165) is 12.8 Å². The lowest BCUT2D eigenvalue weighted by Crippen LogP contribution is -2.40. The molecule has 7 heteroatoms. The first kappa shape index (κ1) is 20.6. The van der Waals surface area contributed by atoms with E-state index in [9.17, 15) is 24.3 Å². The molecule has 5 rings (SSSR count). The Morgan fingerprint density at radius 3 is 2.34 bits per heavy atom. The molecule has 0 unspecified atom stereocenters. The van der Waals surface area contributed by atoms with E-state index in [2.05, 4.69) is 0 Å². The van der Waals surface area contributed by atoms with E-state index in [4.69, 9.17) is 0 Å². The Balaban J connectivity index is 1.43. The van der Waals surface area contributed by atoms with Gasteiger partial charge in [0, 0.05) is 18.2 Å². The Kier molecular flexibility index (Phi) is 4.74. The van der Waals surface area contributed by atoms with Gasteiger partial charge in [0.1, 0.15) is 0 Å². The fourth-order valence-corrected chi connectivity index (χ4v) is 5.36. The molecule has 3 atom stereocenters. The molecule has 3 aliphatic rings. The van der Waals surface area contributed by atoms with Crippen molar-refractivity contribution in [3.05, 3.63) is 59.7 Å². The molecule has 1 aliphatic carbocycles. The number of para-hydroxylation sites is 1. The van der Waals surface area contributed by atoms with Gasteiger partial charge in [0.05, 0.1) is 29.6 Å². The number of aliphatic hydroxyl groups is 1. The molecule has 2 fully saturated rings. The number of hydrogen-bond acceptors (Lipinski definition) is 5. The zero-order valence-corrected chi connectivity index (χ0v) is 17.8. The van der Waals surface area contributed by atoms with Crippen molar-refractivity contribution in [1.29, 1.82) is 0 Å². The first-order valence-electron chi connectivity index (χ1n) is 10.9. The number of carbonyl (C=O) groups excluding carboxylic acids is 4. The van der Waals surface area contributed by atoms with E-state index in [1.807, 2.05) is 0 Å². The van der Waals surface area contributed by atoms with Crippen LogP contribution >= 0.6 is 0 Å². The maximum Gasteiger partial charge on any atom is 0.263 e. The standard InChI is InChI=1S/C25H24N2O5/c1-26-20-12-5-4-11-19(20)25(32,24(26)31)14-21(28)15-7-6-8-16(13-15)27-22(29)17-9-2-3-10-18(17)23(27)30/h4-8,11-13,17-18,32H,2-3,9-10,14H2,1H3/t17-,18+,25-/m1/s1. The van der Waals surface area contributed by atoms with Crippen molar-refractivity contribution in [3.63, 3.8) is 0 Å². The predicted octanol–water partition coefficient (Wildman–Crippen LogP) is 2.80. The van der Waals surface area contributed by atoms with Gasteiger partial charge in [0.15, 0.2) is 11.4 Å². The first-order chi connectivity index (χ1) is 15.3. The van der Waals surface area contributed by atoms with Gasteiger partial charge in [-0.1, -0.05) is 43.2 Å². The molecule has 1 saturated carbocycles. The molecule has 0 bridgehead atoms. The highest BCUT2D eigenvalue weighted by Crippen LogP contribution is 2.43. The highest BCUT2D eigenvalue weighted by Gasteiger charge is 2.50. The molecular weight excluding hydrogens is 408 g/mol. The largest absolute Gasteiger partial charge is 0.375 e. The summed E-state index contributed by atoms with van der Waals surface area (Å²) < 4.78 is 0. The van der Waals surface area contributed by atoms with Crippen molar-refractivity contribution in [3.8, 4) is 0 Å². The van der Waals surface area contributed by atoms with Gasteiger partial charge in [0.25, 0.3) is 5.91 Å².